The minimum Gasteiger partial charge on any atom is -0.454 e. The number of aryl methyl sites for hydroxylation is 1. The topological polar surface area (TPSA) is 61.0 Å². The first-order valence-corrected chi connectivity index (χ1v) is 5.02. The molecule has 2 heterocycles. The van der Waals surface area contributed by atoms with Crippen molar-refractivity contribution in [3.63, 3.8) is 0 Å². The Hall–Kier alpha value is -1.94. The highest BCUT2D eigenvalue weighted by molar-refractivity contribution is 5.30. The van der Waals surface area contributed by atoms with Gasteiger partial charge in [0.2, 0.25) is 0 Å². The molecular weight excluding hydrogens is 202 g/mol. The molecule has 82 valence electrons. The van der Waals surface area contributed by atoms with Crippen molar-refractivity contribution in [2.24, 2.45) is 5.73 Å². The summed E-state index contributed by atoms with van der Waals surface area (Å²) in [5.41, 5.74) is 7.43. The number of rotatable bonds is 3. The zero-order valence-corrected chi connectivity index (χ0v) is 9.05. The van der Waals surface area contributed by atoms with Crippen LogP contribution < -0.4 is 10.5 Å². The monoisotopic (exact) mass is 215 g/mol. The molecule has 0 unspecified atom stereocenters. The van der Waals surface area contributed by atoms with Crippen LogP contribution in [-0.2, 0) is 6.54 Å². The summed E-state index contributed by atoms with van der Waals surface area (Å²) in [5.74, 6) is 1.37. The number of nitrogens with two attached hydrogens (primary N) is 1. The van der Waals surface area contributed by atoms with E-state index in [0.29, 0.717) is 18.0 Å². The zero-order chi connectivity index (χ0) is 11.4. The number of pyridine rings is 2. The first kappa shape index (κ1) is 10.6. The van der Waals surface area contributed by atoms with Gasteiger partial charge < -0.3 is 10.5 Å². The van der Waals surface area contributed by atoms with Gasteiger partial charge in [-0.25, -0.2) is 0 Å². The molecule has 2 aromatic rings. The number of ether oxygens (including phenoxy) is 1. The lowest BCUT2D eigenvalue weighted by molar-refractivity contribution is 0.477. The van der Waals surface area contributed by atoms with Crippen LogP contribution >= 0.6 is 0 Å². The third kappa shape index (κ3) is 2.55. The van der Waals surface area contributed by atoms with Crippen LogP contribution in [0.2, 0.25) is 0 Å². The predicted octanol–water partition coefficient (Wildman–Crippen LogP) is 2.04. The van der Waals surface area contributed by atoms with Crippen LogP contribution in [0.3, 0.4) is 0 Å². The molecular formula is C12H13N3O. The smallest absolute Gasteiger partial charge is 0.146 e. The summed E-state index contributed by atoms with van der Waals surface area (Å²) >= 11 is 0. The summed E-state index contributed by atoms with van der Waals surface area (Å²) in [7, 11) is 0. The molecule has 2 aromatic heterocycles. The summed E-state index contributed by atoms with van der Waals surface area (Å²) in [5, 5.41) is 0. The largest absolute Gasteiger partial charge is 0.454 e. The van der Waals surface area contributed by atoms with Gasteiger partial charge in [0.05, 0.1) is 12.4 Å². The summed E-state index contributed by atoms with van der Waals surface area (Å²) in [6.07, 6.45) is 5.06. The second kappa shape index (κ2) is 4.72. The molecule has 2 rings (SSSR count). The summed E-state index contributed by atoms with van der Waals surface area (Å²) in [4.78, 5) is 8.19. The Labute approximate surface area is 94.1 Å². The molecule has 0 saturated heterocycles. The SMILES string of the molecule is Cc1ccc(Oc2cncc(CN)c2)cn1. The van der Waals surface area contributed by atoms with Crippen LogP contribution in [0.4, 0.5) is 0 Å². The third-order valence-electron chi connectivity index (χ3n) is 2.13. The Morgan fingerprint density at radius 2 is 2.06 bits per heavy atom. The van der Waals surface area contributed by atoms with Gasteiger partial charge in [-0.05, 0) is 30.7 Å². The molecule has 4 heteroatoms. The van der Waals surface area contributed by atoms with Gasteiger partial charge >= 0.3 is 0 Å². The Morgan fingerprint density at radius 1 is 1.19 bits per heavy atom. The van der Waals surface area contributed by atoms with E-state index < -0.39 is 0 Å². The molecule has 0 aliphatic heterocycles. The average molecular weight is 215 g/mol. The lowest BCUT2D eigenvalue weighted by atomic mass is 10.3. The average Bonchev–Trinajstić information content (AvgIpc) is 2.32. The van der Waals surface area contributed by atoms with E-state index in [4.69, 9.17) is 10.5 Å². The van der Waals surface area contributed by atoms with Crippen molar-refractivity contribution in [2.45, 2.75) is 13.5 Å². The van der Waals surface area contributed by atoms with Gasteiger partial charge in [-0.15, -0.1) is 0 Å². The Morgan fingerprint density at radius 3 is 2.75 bits per heavy atom. The van der Waals surface area contributed by atoms with Gasteiger partial charge in [0.1, 0.15) is 11.5 Å². The van der Waals surface area contributed by atoms with E-state index in [9.17, 15) is 0 Å². The van der Waals surface area contributed by atoms with Crippen molar-refractivity contribution < 1.29 is 4.74 Å². The first-order chi connectivity index (χ1) is 7.78. The van der Waals surface area contributed by atoms with Crippen molar-refractivity contribution in [2.75, 3.05) is 0 Å². The van der Waals surface area contributed by atoms with Gasteiger partial charge in [0.15, 0.2) is 0 Å². The molecule has 0 fully saturated rings. The van der Waals surface area contributed by atoms with Crippen LogP contribution in [0.5, 0.6) is 11.5 Å². The molecule has 0 bridgehead atoms. The van der Waals surface area contributed by atoms with E-state index >= 15 is 0 Å². The van der Waals surface area contributed by atoms with E-state index in [1.165, 1.54) is 0 Å². The maximum atomic E-state index is 5.60. The second-order valence-electron chi connectivity index (χ2n) is 3.47. The summed E-state index contributed by atoms with van der Waals surface area (Å²) < 4.78 is 5.60. The van der Waals surface area contributed by atoms with E-state index in [1.807, 2.05) is 25.1 Å². The minimum absolute atomic E-state index is 0.455. The van der Waals surface area contributed by atoms with Crippen molar-refractivity contribution in [1.82, 2.24) is 9.97 Å². The van der Waals surface area contributed by atoms with E-state index in [-0.39, 0.29) is 0 Å². The summed E-state index contributed by atoms with van der Waals surface area (Å²) in [6.45, 7) is 2.39. The molecule has 0 radical (unpaired) electrons. The molecule has 16 heavy (non-hydrogen) atoms. The highest BCUT2D eigenvalue weighted by Gasteiger charge is 1.99. The molecule has 0 aromatic carbocycles. The number of hydrogen-bond donors (Lipinski definition) is 1. The highest BCUT2D eigenvalue weighted by atomic mass is 16.5. The Kier molecular flexibility index (Phi) is 3.12. The van der Waals surface area contributed by atoms with E-state index in [1.54, 1.807) is 18.6 Å². The predicted molar refractivity (Wildman–Crippen MR) is 61.2 cm³/mol. The fraction of sp³-hybridized carbons (Fsp3) is 0.167. The molecule has 0 aliphatic rings. The number of nitrogens with zero attached hydrogens (tertiary/aromatic N) is 2. The van der Waals surface area contributed by atoms with Gasteiger partial charge in [0, 0.05) is 18.4 Å². The summed E-state index contributed by atoms with van der Waals surface area (Å²) in [6, 6.07) is 5.64. The number of aromatic nitrogens is 2. The number of hydrogen-bond acceptors (Lipinski definition) is 4. The van der Waals surface area contributed by atoms with Gasteiger partial charge in [-0.2, -0.15) is 0 Å². The van der Waals surface area contributed by atoms with Crippen molar-refractivity contribution in [3.8, 4) is 11.5 Å². The van der Waals surface area contributed by atoms with Crippen LogP contribution in [0, 0.1) is 6.92 Å². The quantitative estimate of drug-likeness (QED) is 0.851. The molecule has 4 nitrogen and oxygen atoms in total. The van der Waals surface area contributed by atoms with Crippen LogP contribution in [0.15, 0.2) is 36.8 Å². The zero-order valence-electron chi connectivity index (χ0n) is 9.05. The standard InChI is InChI=1S/C12H13N3O/c1-9-2-3-11(8-15-9)16-12-4-10(5-13)6-14-7-12/h2-4,6-8H,5,13H2,1H3. The third-order valence-corrected chi connectivity index (χ3v) is 2.13. The maximum Gasteiger partial charge on any atom is 0.146 e. The van der Waals surface area contributed by atoms with E-state index in [0.717, 1.165) is 11.3 Å². The molecule has 0 aliphatic carbocycles. The fourth-order valence-electron chi connectivity index (χ4n) is 1.28. The van der Waals surface area contributed by atoms with Gasteiger partial charge in [-0.3, -0.25) is 9.97 Å². The van der Waals surface area contributed by atoms with Crippen LogP contribution in [-0.4, -0.2) is 9.97 Å². The Balaban J connectivity index is 2.16. The minimum atomic E-state index is 0.455. The second-order valence-corrected chi connectivity index (χ2v) is 3.47. The molecule has 0 spiro atoms. The highest BCUT2D eigenvalue weighted by Crippen LogP contribution is 2.20. The van der Waals surface area contributed by atoms with Crippen molar-refractivity contribution in [1.29, 1.82) is 0 Å². The van der Waals surface area contributed by atoms with E-state index in [2.05, 4.69) is 9.97 Å². The van der Waals surface area contributed by atoms with Crippen molar-refractivity contribution in [3.05, 3.63) is 48.0 Å². The lowest BCUT2D eigenvalue weighted by Crippen LogP contribution is -1.97. The van der Waals surface area contributed by atoms with Gasteiger partial charge in [-0.1, -0.05) is 0 Å². The maximum absolute atomic E-state index is 5.60. The first-order valence-electron chi connectivity index (χ1n) is 5.02. The molecule has 2 N–H and O–H groups in total. The molecule has 0 saturated carbocycles. The fourth-order valence-corrected chi connectivity index (χ4v) is 1.28. The van der Waals surface area contributed by atoms with Crippen molar-refractivity contribution >= 4 is 0 Å². The van der Waals surface area contributed by atoms with Gasteiger partial charge in [0.25, 0.3) is 0 Å². The van der Waals surface area contributed by atoms with Crippen LogP contribution in [0.25, 0.3) is 0 Å². The normalized spacial score (nSPS) is 10.1. The molecule has 0 atom stereocenters. The lowest BCUT2D eigenvalue weighted by Gasteiger charge is -2.05. The Bertz CT molecular complexity index is 468. The van der Waals surface area contributed by atoms with Crippen LogP contribution in [0.1, 0.15) is 11.3 Å². The molecule has 0 amide bonds.